The second kappa shape index (κ2) is 4.22. The first-order valence-electron chi connectivity index (χ1n) is 4.86. The lowest BCUT2D eigenvalue weighted by Crippen LogP contribution is -2.19. The molecule has 0 saturated heterocycles. The molecule has 1 aromatic rings. The summed E-state index contributed by atoms with van der Waals surface area (Å²) < 4.78 is 5.22. The van der Waals surface area contributed by atoms with Gasteiger partial charge in [-0.15, -0.1) is 10.2 Å². The van der Waals surface area contributed by atoms with Crippen molar-refractivity contribution in [2.75, 3.05) is 0 Å². The lowest BCUT2D eigenvalue weighted by molar-refractivity contribution is -0.141. The van der Waals surface area contributed by atoms with Crippen molar-refractivity contribution in [3.63, 3.8) is 0 Å². The van der Waals surface area contributed by atoms with Crippen molar-refractivity contribution in [3.05, 3.63) is 5.89 Å². The second-order valence-corrected chi connectivity index (χ2v) is 4.81. The van der Waals surface area contributed by atoms with E-state index < -0.39 is 5.97 Å². The van der Waals surface area contributed by atoms with Crippen LogP contribution in [0.1, 0.15) is 25.2 Å². The zero-order chi connectivity index (χ0) is 10.8. The summed E-state index contributed by atoms with van der Waals surface area (Å²) in [5.74, 6) is -0.481. The first kappa shape index (κ1) is 10.5. The summed E-state index contributed by atoms with van der Waals surface area (Å²) in [6.45, 7) is 1.72. The summed E-state index contributed by atoms with van der Waals surface area (Å²) in [4.78, 5) is 10.9. The molecular formula is C9H12N2O3S. The van der Waals surface area contributed by atoms with Gasteiger partial charge in [-0.25, -0.2) is 0 Å². The third-order valence-electron chi connectivity index (χ3n) is 2.53. The number of carboxylic acids is 1. The molecule has 1 saturated carbocycles. The van der Waals surface area contributed by atoms with Crippen LogP contribution < -0.4 is 0 Å². The highest BCUT2D eigenvalue weighted by atomic mass is 32.2. The van der Waals surface area contributed by atoms with Crippen LogP contribution in [0.2, 0.25) is 0 Å². The zero-order valence-corrected chi connectivity index (χ0v) is 9.16. The highest BCUT2D eigenvalue weighted by Gasteiger charge is 2.34. The van der Waals surface area contributed by atoms with Crippen molar-refractivity contribution in [3.8, 4) is 0 Å². The van der Waals surface area contributed by atoms with Crippen LogP contribution in [0.25, 0.3) is 0 Å². The molecule has 2 unspecified atom stereocenters. The van der Waals surface area contributed by atoms with Crippen LogP contribution >= 0.6 is 11.8 Å². The Bertz CT molecular complexity index is 366. The lowest BCUT2D eigenvalue weighted by Gasteiger charge is -2.11. The second-order valence-electron chi connectivity index (χ2n) is 3.62. The maximum Gasteiger partial charge on any atom is 0.307 e. The van der Waals surface area contributed by atoms with Crippen LogP contribution in [0.5, 0.6) is 0 Å². The van der Waals surface area contributed by atoms with Gasteiger partial charge in [-0.3, -0.25) is 4.79 Å². The Hall–Kier alpha value is -1.04. The molecular weight excluding hydrogens is 216 g/mol. The molecule has 1 aliphatic carbocycles. The fraction of sp³-hybridized carbons (Fsp3) is 0.667. The number of thioether (sulfide) groups is 1. The summed E-state index contributed by atoms with van der Waals surface area (Å²) >= 11 is 1.39. The number of carbonyl (C=O) groups is 1. The number of hydrogen-bond acceptors (Lipinski definition) is 5. The van der Waals surface area contributed by atoms with Crippen LogP contribution in [0.15, 0.2) is 9.64 Å². The van der Waals surface area contributed by atoms with E-state index in [0.29, 0.717) is 11.1 Å². The molecule has 82 valence electrons. The minimum Gasteiger partial charge on any atom is -0.481 e. The van der Waals surface area contributed by atoms with E-state index in [1.54, 1.807) is 6.92 Å². The molecule has 2 atom stereocenters. The van der Waals surface area contributed by atoms with Crippen LogP contribution in [0, 0.1) is 12.8 Å². The molecule has 0 aromatic carbocycles. The fourth-order valence-electron chi connectivity index (χ4n) is 1.81. The molecule has 0 radical (unpaired) electrons. The van der Waals surface area contributed by atoms with Gasteiger partial charge in [-0.2, -0.15) is 0 Å². The molecule has 0 aliphatic heterocycles. The van der Waals surface area contributed by atoms with E-state index in [1.165, 1.54) is 11.8 Å². The molecule has 0 amide bonds. The van der Waals surface area contributed by atoms with Crippen LogP contribution in [-0.4, -0.2) is 26.5 Å². The third kappa shape index (κ3) is 2.31. The Balaban J connectivity index is 2.02. The molecule has 6 heteroatoms. The molecule has 1 aliphatic rings. The van der Waals surface area contributed by atoms with Crippen molar-refractivity contribution in [2.24, 2.45) is 5.92 Å². The van der Waals surface area contributed by atoms with Crippen molar-refractivity contribution >= 4 is 17.7 Å². The van der Waals surface area contributed by atoms with Crippen molar-refractivity contribution in [2.45, 2.75) is 36.7 Å². The largest absolute Gasteiger partial charge is 0.481 e. The first-order valence-corrected chi connectivity index (χ1v) is 5.74. The van der Waals surface area contributed by atoms with E-state index in [-0.39, 0.29) is 11.2 Å². The quantitative estimate of drug-likeness (QED) is 0.848. The monoisotopic (exact) mass is 228 g/mol. The Morgan fingerprint density at radius 3 is 2.93 bits per heavy atom. The van der Waals surface area contributed by atoms with Gasteiger partial charge in [-0.05, 0) is 12.8 Å². The molecule has 1 fully saturated rings. The number of nitrogens with zero attached hydrogens (tertiary/aromatic N) is 2. The predicted octanol–water partition coefficient (Wildman–Crippen LogP) is 1.72. The van der Waals surface area contributed by atoms with Crippen LogP contribution in [0.4, 0.5) is 0 Å². The smallest absolute Gasteiger partial charge is 0.307 e. The third-order valence-corrected chi connectivity index (χ3v) is 3.76. The summed E-state index contributed by atoms with van der Waals surface area (Å²) in [5.41, 5.74) is 0. The average molecular weight is 228 g/mol. The molecule has 2 rings (SSSR count). The van der Waals surface area contributed by atoms with Gasteiger partial charge in [-0.1, -0.05) is 18.2 Å². The molecule has 5 nitrogen and oxygen atoms in total. The topological polar surface area (TPSA) is 76.2 Å². The van der Waals surface area contributed by atoms with Crippen molar-refractivity contribution in [1.29, 1.82) is 0 Å². The molecule has 15 heavy (non-hydrogen) atoms. The number of aryl methyl sites for hydroxylation is 1. The molecule has 1 heterocycles. The van der Waals surface area contributed by atoms with Crippen LogP contribution in [-0.2, 0) is 4.79 Å². The van der Waals surface area contributed by atoms with Crippen molar-refractivity contribution < 1.29 is 14.3 Å². The Kier molecular flexibility index (Phi) is 2.95. The van der Waals surface area contributed by atoms with Crippen molar-refractivity contribution in [1.82, 2.24) is 10.2 Å². The Labute approximate surface area is 91.3 Å². The molecule has 1 N–H and O–H groups in total. The number of hydrogen-bond donors (Lipinski definition) is 1. The van der Waals surface area contributed by atoms with Gasteiger partial charge >= 0.3 is 5.97 Å². The normalized spacial score (nSPS) is 25.7. The highest BCUT2D eigenvalue weighted by Crippen LogP contribution is 2.38. The molecule has 0 bridgehead atoms. The zero-order valence-electron chi connectivity index (χ0n) is 8.34. The van der Waals surface area contributed by atoms with Crippen LogP contribution in [0.3, 0.4) is 0 Å². The standard InChI is InChI=1S/C9H12N2O3S/c1-5-10-11-9(14-5)15-7-4-2-3-6(7)8(12)13/h6-7H,2-4H2,1H3,(H,12,13). The predicted molar refractivity (Wildman–Crippen MR) is 53.7 cm³/mol. The SMILES string of the molecule is Cc1nnc(SC2CCCC2C(=O)O)o1. The van der Waals surface area contributed by atoms with E-state index in [0.717, 1.165) is 19.3 Å². The van der Waals surface area contributed by atoms with Gasteiger partial charge in [0.2, 0.25) is 5.89 Å². The summed E-state index contributed by atoms with van der Waals surface area (Å²) in [6, 6.07) is 0. The maximum absolute atomic E-state index is 10.9. The number of aliphatic carboxylic acids is 1. The van der Waals surface area contributed by atoms with E-state index in [2.05, 4.69) is 10.2 Å². The Morgan fingerprint density at radius 2 is 2.33 bits per heavy atom. The highest BCUT2D eigenvalue weighted by molar-refractivity contribution is 7.99. The fourth-order valence-corrected chi connectivity index (χ4v) is 3.02. The first-order chi connectivity index (χ1) is 7.16. The molecule has 1 aromatic heterocycles. The summed E-state index contributed by atoms with van der Waals surface area (Å²) in [5, 5.41) is 17.1. The number of carboxylic acid groups (broad SMARTS) is 1. The van der Waals surface area contributed by atoms with E-state index in [1.807, 2.05) is 0 Å². The van der Waals surface area contributed by atoms with E-state index in [9.17, 15) is 4.79 Å². The minimum absolute atomic E-state index is 0.0716. The summed E-state index contributed by atoms with van der Waals surface area (Å²) in [6.07, 6.45) is 2.62. The number of aromatic nitrogens is 2. The van der Waals surface area contributed by atoms with E-state index >= 15 is 0 Å². The van der Waals surface area contributed by atoms with Gasteiger partial charge in [0.25, 0.3) is 5.22 Å². The molecule has 0 spiro atoms. The maximum atomic E-state index is 10.9. The van der Waals surface area contributed by atoms with E-state index in [4.69, 9.17) is 9.52 Å². The minimum atomic E-state index is -0.721. The lowest BCUT2D eigenvalue weighted by atomic mass is 10.1. The van der Waals surface area contributed by atoms with Gasteiger partial charge in [0.05, 0.1) is 5.92 Å². The van der Waals surface area contributed by atoms with Gasteiger partial charge in [0, 0.05) is 12.2 Å². The number of rotatable bonds is 3. The van der Waals surface area contributed by atoms with Gasteiger partial charge in [0.1, 0.15) is 0 Å². The summed E-state index contributed by atoms with van der Waals surface area (Å²) in [7, 11) is 0. The Morgan fingerprint density at radius 1 is 1.53 bits per heavy atom. The van der Waals surface area contributed by atoms with Gasteiger partial charge < -0.3 is 9.52 Å². The van der Waals surface area contributed by atoms with Gasteiger partial charge in [0.15, 0.2) is 0 Å². The average Bonchev–Trinajstić information content (AvgIpc) is 2.75.